The minimum atomic E-state index is -3.00. The minimum Gasteiger partial charge on any atom is -0.224 e. The third kappa shape index (κ3) is 2.45. The maximum absolute atomic E-state index is 11.0. The lowest BCUT2D eigenvalue weighted by Gasteiger charge is -2.06. The third-order valence-corrected chi connectivity index (χ3v) is 3.22. The summed E-state index contributed by atoms with van der Waals surface area (Å²) in [7, 11) is -3.00. The molecule has 2 nitrogen and oxygen atoms in total. The van der Waals surface area contributed by atoms with Crippen LogP contribution in [0.25, 0.3) is 0 Å². The van der Waals surface area contributed by atoms with E-state index in [2.05, 4.69) is 15.9 Å². The van der Waals surface area contributed by atoms with Gasteiger partial charge in [-0.1, -0.05) is 22.0 Å². The standard InChI is InChI=1S/C7H9BrO2S/c1-11(9,10)7-4-2-3-6(8)5-7/h4-5H,2-3H2,1H3. The molecule has 0 unspecified atom stereocenters. The zero-order valence-corrected chi connectivity index (χ0v) is 8.57. The second-order valence-electron chi connectivity index (χ2n) is 2.51. The van der Waals surface area contributed by atoms with E-state index in [1.807, 2.05) is 0 Å². The van der Waals surface area contributed by atoms with Crippen molar-refractivity contribution in [3.8, 4) is 0 Å². The topological polar surface area (TPSA) is 34.1 Å². The number of rotatable bonds is 1. The molecule has 0 saturated heterocycles. The molecule has 0 spiro atoms. The summed E-state index contributed by atoms with van der Waals surface area (Å²) in [5.41, 5.74) is 0. The largest absolute Gasteiger partial charge is 0.224 e. The van der Waals surface area contributed by atoms with Gasteiger partial charge in [0.1, 0.15) is 0 Å². The molecule has 1 aliphatic carbocycles. The van der Waals surface area contributed by atoms with E-state index in [1.54, 1.807) is 12.2 Å². The van der Waals surface area contributed by atoms with Crippen LogP contribution >= 0.6 is 15.9 Å². The SMILES string of the molecule is CS(=O)(=O)C1=CCCC(Br)=C1. The van der Waals surface area contributed by atoms with Crippen LogP contribution in [0.2, 0.25) is 0 Å². The van der Waals surface area contributed by atoms with Crippen molar-refractivity contribution in [3.63, 3.8) is 0 Å². The number of hydrogen-bond acceptors (Lipinski definition) is 2. The van der Waals surface area contributed by atoms with Crippen LogP contribution in [0.4, 0.5) is 0 Å². The maximum Gasteiger partial charge on any atom is 0.175 e. The maximum atomic E-state index is 11.0. The zero-order valence-electron chi connectivity index (χ0n) is 6.17. The first-order valence-corrected chi connectivity index (χ1v) is 5.95. The quantitative estimate of drug-likeness (QED) is 0.698. The molecule has 0 fully saturated rings. The molecular formula is C7H9BrO2S. The average Bonchev–Trinajstić information content (AvgIpc) is 1.86. The fourth-order valence-corrected chi connectivity index (χ4v) is 2.30. The van der Waals surface area contributed by atoms with Crippen molar-refractivity contribution < 1.29 is 8.42 Å². The molecule has 0 aromatic carbocycles. The first-order valence-electron chi connectivity index (χ1n) is 3.26. The number of hydrogen-bond donors (Lipinski definition) is 0. The van der Waals surface area contributed by atoms with Crippen molar-refractivity contribution >= 4 is 25.8 Å². The third-order valence-electron chi connectivity index (χ3n) is 1.46. The molecule has 4 heteroatoms. The fourth-order valence-electron chi connectivity index (χ4n) is 0.896. The summed E-state index contributed by atoms with van der Waals surface area (Å²) >= 11 is 3.28. The molecule has 0 aromatic rings. The lowest BCUT2D eigenvalue weighted by molar-refractivity contribution is 0.608. The van der Waals surface area contributed by atoms with Gasteiger partial charge in [0.25, 0.3) is 0 Å². The number of allylic oxidation sites excluding steroid dienone is 3. The summed E-state index contributed by atoms with van der Waals surface area (Å²) in [4.78, 5) is 0.427. The molecule has 0 saturated carbocycles. The molecule has 0 radical (unpaired) electrons. The fraction of sp³-hybridized carbons (Fsp3) is 0.429. The lowest BCUT2D eigenvalue weighted by atomic mass is 10.2. The average molecular weight is 237 g/mol. The van der Waals surface area contributed by atoms with Crippen molar-refractivity contribution in [3.05, 3.63) is 21.5 Å². The minimum absolute atomic E-state index is 0.427. The molecule has 1 aliphatic rings. The summed E-state index contributed by atoms with van der Waals surface area (Å²) in [6.07, 6.45) is 6.35. The Morgan fingerprint density at radius 1 is 1.55 bits per heavy atom. The van der Waals surface area contributed by atoms with Crippen LogP contribution in [-0.4, -0.2) is 14.7 Å². The normalized spacial score (nSPS) is 19.1. The molecule has 0 bridgehead atoms. The van der Waals surface area contributed by atoms with Gasteiger partial charge in [-0.2, -0.15) is 0 Å². The van der Waals surface area contributed by atoms with Gasteiger partial charge in [-0.25, -0.2) is 8.42 Å². The van der Waals surface area contributed by atoms with Gasteiger partial charge in [-0.3, -0.25) is 0 Å². The first kappa shape index (κ1) is 9.00. The van der Waals surface area contributed by atoms with Gasteiger partial charge in [-0.05, 0) is 23.4 Å². The van der Waals surface area contributed by atoms with E-state index in [0.717, 1.165) is 17.3 Å². The number of sulfone groups is 1. The molecule has 0 amide bonds. The summed E-state index contributed by atoms with van der Waals surface area (Å²) in [5, 5.41) is 0. The van der Waals surface area contributed by atoms with E-state index >= 15 is 0 Å². The Morgan fingerprint density at radius 2 is 2.18 bits per heavy atom. The molecule has 0 aliphatic heterocycles. The second-order valence-corrected chi connectivity index (χ2v) is 5.54. The van der Waals surface area contributed by atoms with Crippen molar-refractivity contribution in [2.24, 2.45) is 0 Å². The Labute approximate surface area is 75.0 Å². The van der Waals surface area contributed by atoms with Gasteiger partial charge in [0.15, 0.2) is 9.84 Å². The Hall–Kier alpha value is -0.0900. The summed E-state index contributed by atoms with van der Waals surface area (Å²) in [5.74, 6) is 0. The van der Waals surface area contributed by atoms with Crippen molar-refractivity contribution in [2.75, 3.05) is 6.26 Å². The molecular weight excluding hydrogens is 228 g/mol. The van der Waals surface area contributed by atoms with Gasteiger partial charge in [0.05, 0.1) is 4.91 Å². The zero-order chi connectivity index (χ0) is 8.48. The van der Waals surface area contributed by atoms with E-state index in [9.17, 15) is 8.42 Å². The van der Waals surface area contributed by atoms with E-state index in [4.69, 9.17) is 0 Å². The highest BCUT2D eigenvalue weighted by Crippen LogP contribution is 2.24. The summed E-state index contributed by atoms with van der Waals surface area (Å²) in [6, 6.07) is 0. The Balaban J connectivity index is 3.01. The Morgan fingerprint density at radius 3 is 2.55 bits per heavy atom. The molecule has 0 atom stereocenters. The second kappa shape index (κ2) is 3.11. The van der Waals surface area contributed by atoms with Crippen LogP contribution in [0.15, 0.2) is 21.5 Å². The monoisotopic (exact) mass is 236 g/mol. The van der Waals surface area contributed by atoms with Crippen LogP contribution in [0.3, 0.4) is 0 Å². The molecule has 62 valence electrons. The van der Waals surface area contributed by atoms with E-state index < -0.39 is 9.84 Å². The van der Waals surface area contributed by atoms with Gasteiger partial charge < -0.3 is 0 Å². The predicted octanol–water partition coefficient (Wildman–Crippen LogP) is 1.99. The molecule has 0 aromatic heterocycles. The van der Waals surface area contributed by atoms with Crippen molar-refractivity contribution in [2.45, 2.75) is 12.8 Å². The van der Waals surface area contributed by atoms with E-state index in [1.165, 1.54) is 6.26 Å². The lowest BCUT2D eigenvalue weighted by Crippen LogP contribution is -2.01. The molecule has 1 rings (SSSR count). The van der Waals surface area contributed by atoms with Crippen LogP contribution in [0.1, 0.15) is 12.8 Å². The highest BCUT2D eigenvalue weighted by atomic mass is 79.9. The molecule has 11 heavy (non-hydrogen) atoms. The smallest absolute Gasteiger partial charge is 0.175 e. The van der Waals surface area contributed by atoms with Crippen molar-refractivity contribution in [1.82, 2.24) is 0 Å². The molecule has 0 N–H and O–H groups in total. The number of halogens is 1. The van der Waals surface area contributed by atoms with Gasteiger partial charge in [0.2, 0.25) is 0 Å². The Bertz CT molecular complexity index is 311. The van der Waals surface area contributed by atoms with Gasteiger partial charge in [0, 0.05) is 6.26 Å². The predicted molar refractivity (Wildman–Crippen MR) is 49.2 cm³/mol. The van der Waals surface area contributed by atoms with Crippen molar-refractivity contribution in [1.29, 1.82) is 0 Å². The van der Waals surface area contributed by atoms with E-state index in [-0.39, 0.29) is 0 Å². The van der Waals surface area contributed by atoms with E-state index in [0.29, 0.717) is 4.91 Å². The van der Waals surface area contributed by atoms with Crippen LogP contribution in [-0.2, 0) is 9.84 Å². The molecule has 0 heterocycles. The summed E-state index contributed by atoms with van der Waals surface area (Å²) in [6.45, 7) is 0. The Kier molecular flexibility index (Phi) is 2.54. The highest BCUT2D eigenvalue weighted by Gasteiger charge is 2.11. The van der Waals surface area contributed by atoms with Gasteiger partial charge in [-0.15, -0.1) is 0 Å². The first-order chi connectivity index (χ1) is 5.00. The highest BCUT2D eigenvalue weighted by molar-refractivity contribution is 9.11. The summed E-state index contributed by atoms with van der Waals surface area (Å²) < 4.78 is 23.0. The van der Waals surface area contributed by atoms with Crippen LogP contribution in [0.5, 0.6) is 0 Å². The van der Waals surface area contributed by atoms with Gasteiger partial charge >= 0.3 is 0 Å². The van der Waals surface area contributed by atoms with Crippen LogP contribution < -0.4 is 0 Å². The van der Waals surface area contributed by atoms with Crippen LogP contribution in [0, 0.1) is 0 Å².